The van der Waals surface area contributed by atoms with Gasteiger partial charge < -0.3 is 14.3 Å². The van der Waals surface area contributed by atoms with Crippen LogP contribution in [0.2, 0.25) is 0 Å². The number of rotatable bonds is 6. The van der Waals surface area contributed by atoms with E-state index in [1.54, 1.807) is 18.0 Å². The highest BCUT2D eigenvalue weighted by Crippen LogP contribution is 2.15. The zero-order chi connectivity index (χ0) is 17.0. The number of amides is 2. The third kappa shape index (κ3) is 4.56. The van der Waals surface area contributed by atoms with Gasteiger partial charge in [-0.05, 0) is 27.9 Å². The van der Waals surface area contributed by atoms with Crippen LogP contribution in [0.3, 0.4) is 0 Å². The smallest absolute Gasteiger partial charge is 0.323 e. The first-order valence-electron chi connectivity index (χ1n) is 7.49. The minimum Gasteiger partial charge on any atom is -0.361 e. The predicted molar refractivity (Wildman–Crippen MR) is 87.2 cm³/mol. The van der Waals surface area contributed by atoms with Crippen molar-refractivity contribution in [2.75, 3.05) is 33.0 Å². The van der Waals surface area contributed by atoms with Crippen LogP contribution >= 0.6 is 0 Å². The van der Waals surface area contributed by atoms with Crippen molar-refractivity contribution in [3.8, 4) is 0 Å². The molecule has 2 aromatic heterocycles. The van der Waals surface area contributed by atoms with Crippen LogP contribution in [0, 0.1) is 13.8 Å². The van der Waals surface area contributed by atoms with E-state index in [1.807, 2.05) is 38.8 Å². The van der Waals surface area contributed by atoms with Crippen molar-refractivity contribution in [1.29, 1.82) is 0 Å². The fourth-order valence-electron chi connectivity index (χ4n) is 2.10. The molecule has 2 aromatic rings. The summed E-state index contributed by atoms with van der Waals surface area (Å²) in [7, 11) is 5.75. The Balaban J connectivity index is 1.91. The van der Waals surface area contributed by atoms with E-state index in [0.29, 0.717) is 12.4 Å². The van der Waals surface area contributed by atoms with E-state index in [2.05, 4.69) is 20.5 Å². The molecule has 8 nitrogen and oxygen atoms in total. The molecule has 2 rings (SSSR count). The van der Waals surface area contributed by atoms with E-state index in [-0.39, 0.29) is 6.03 Å². The number of likely N-dealkylation sites (N-methyl/N-ethyl adjacent to an activating group) is 1. The molecule has 126 valence electrons. The van der Waals surface area contributed by atoms with Gasteiger partial charge in [0.1, 0.15) is 5.76 Å². The Morgan fingerprint density at radius 3 is 2.70 bits per heavy atom. The Labute approximate surface area is 136 Å². The Bertz CT molecular complexity index is 641. The average Bonchev–Trinajstić information content (AvgIpc) is 3.06. The standard InChI is InChI=1S/C15H24N6O2/c1-11-13(12(2)23-18-11)10-20(5)15(22)16-14-6-7-21(17-14)9-8-19(3)4/h6-7H,8-10H2,1-5H3,(H,16,17,22). The van der Waals surface area contributed by atoms with Crippen LogP contribution in [0.15, 0.2) is 16.8 Å². The summed E-state index contributed by atoms with van der Waals surface area (Å²) >= 11 is 0. The molecule has 0 aromatic carbocycles. The molecule has 2 amide bonds. The lowest BCUT2D eigenvalue weighted by atomic mass is 10.2. The summed E-state index contributed by atoms with van der Waals surface area (Å²) < 4.78 is 6.93. The average molecular weight is 320 g/mol. The molecule has 0 aliphatic rings. The van der Waals surface area contributed by atoms with E-state index in [4.69, 9.17) is 4.52 Å². The third-order valence-corrected chi connectivity index (χ3v) is 3.58. The number of anilines is 1. The lowest BCUT2D eigenvalue weighted by Gasteiger charge is -2.16. The monoisotopic (exact) mass is 320 g/mol. The van der Waals surface area contributed by atoms with E-state index < -0.39 is 0 Å². The van der Waals surface area contributed by atoms with Crippen LogP contribution < -0.4 is 5.32 Å². The van der Waals surface area contributed by atoms with Crippen molar-refractivity contribution in [3.63, 3.8) is 0 Å². The number of aromatic nitrogens is 3. The van der Waals surface area contributed by atoms with E-state index >= 15 is 0 Å². The van der Waals surface area contributed by atoms with Crippen molar-refractivity contribution in [1.82, 2.24) is 24.7 Å². The highest BCUT2D eigenvalue weighted by molar-refractivity contribution is 5.88. The first-order chi connectivity index (χ1) is 10.9. The Hall–Kier alpha value is -2.35. The fraction of sp³-hybridized carbons (Fsp3) is 0.533. The molecule has 0 saturated heterocycles. The highest BCUT2D eigenvalue weighted by atomic mass is 16.5. The molecule has 23 heavy (non-hydrogen) atoms. The molecular formula is C15H24N6O2. The molecule has 0 atom stereocenters. The SMILES string of the molecule is Cc1noc(C)c1CN(C)C(=O)Nc1ccn(CCN(C)C)n1. The molecule has 1 N–H and O–H groups in total. The number of urea groups is 1. The number of aryl methyl sites for hydroxylation is 2. The molecule has 0 aliphatic heterocycles. The Kier molecular flexibility index (Phi) is 5.38. The van der Waals surface area contributed by atoms with Gasteiger partial charge in [0.2, 0.25) is 0 Å². The number of nitrogens with zero attached hydrogens (tertiary/aromatic N) is 5. The summed E-state index contributed by atoms with van der Waals surface area (Å²) in [6.45, 7) is 5.81. The molecule has 0 fully saturated rings. The summed E-state index contributed by atoms with van der Waals surface area (Å²) in [6, 6.07) is 1.57. The molecule has 2 heterocycles. The Morgan fingerprint density at radius 1 is 1.35 bits per heavy atom. The molecule has 0 saturated carbocycles. The lowest BCUT2D eigenvalue weighted by molar-refractivity contribution is 0.220. The number of carbonyl (C=O) groups is 1. The summed E-state index contributed by atoms with van der Waals surface area (Å²) in [4.78, 5) is 15.9. The summed E-state index contributed by atoms with van der Waals surface area (Å²) in [6.07, 6.45) is 1.85. The van der Waals surface area contributed by atoms with Crippen LogP contribution in [0.5, 0.6) is 0 Å². The number of hydrogen-bond acceptors (Lipinski definition) is 5. The normalized spacial score (nSPS) is 11.0. The fourth-order valence-corrected chi connectivity index (χ4v) is 2.10. The molecule has 0 unspecified atom stereocenters. The van der Waals surface area contributed by atoms with Gasteiger partial charge in [-0.25, -0.2) is 4.79 Å². The third-order valence-electron chi connectivity index (χ3n) is 3.58. The van der Waals surface area contributed by atoms with Crippen molar-refractivity contribution in [3.05, 3.63) is 29.3 Å². The predicted octanol–water partition coefficient (Wildman–Crippen LogP) is 1.71. The van der Waals surface area contributed by atoms with Crippen molar-refractivity contribution in [2.45, 2.75) is 26.9 Å². The second-order valence-electron chi connectivity index (χ2n) is 5.86. The van der Waals surface area contributed by atoms with Crippen LogP contribution in [-0.2, 0) is 13.1 Å². The van der Waals surface area contributed by atoms with Gasteiger partial charge in [0.25, 0.3) is 0 Å². The largest absolute Gasteiger partial charge is 0.361 e. The van der Waals surface area contributed by atoms with E-state index in [9.17, 15) is 4.79 Å². The summed E-state index contributed by atoms with van der Waals surface area (Å²) in [5, 5.41) is 11.0. The molecular weight excluding hydrogens is 296 g/mol. The molecule has 0 aliphatic carbocycles. The molecule has 0 radical (unpaired) electrons. The van der Waals surface area contributed by atoms with Gasteiger partial charge in [-0.3, -0.25) is 10.00 Å². The maximum atomic E-state index is 12.2. The molecule has 0 bridgehead atoms. The second-order valence-corrected chi connectivity index (χ2v) is 5.86. The van der Waals surface area contributed by atoms with Gasteiger partial charge >= 0.3 is 6.03 Å². The van der Waals surface area contributed by atoms with Crippen molar-refractivity contribution < 1.29 is 9.32 Å². The maximum Gasteiger partial charge on any atom is 0.323 e. The minimum atomic E-state index is -0.220. The minimum absolute atomic E-state index is 0.220. The zero-order valence-corrected chi connectivity index (χ0v) is 14.3. The summed E-state index contributed by atoms with van der Waals surface area (Å²) in [5.74, 6) is 1.27. The Morgan fingerprint density at radius 2 is 2.09 bits per heavy atom. The molecule has 0 spiro atoms. The van der Waals surface area contributed by atoms with Gasteiger partial charge in [0.15, 0.2) is 5.82 Å². The van der Waals surface area contributed by atoms with Gasteiger partial charge in [-0.1, -0.05) is 5.16 Å². The van der Waals surface area contributed by atoms with Gasteiger partial charge in [0, 0.05) is 31.4 Å². The lowest BCUT2D eigenvalue weighted by Crippen LogP contribution is -2.31. The maximum absolute atomic E-state index is 12.2. The number of carbonyl (C=O) groups excluding carboxylic acids is 1. The number of hydrogen-bond donors (Lipinski definition) is 1. The van der Waals surface area contributed by atoms with Crippen molar-refractivity contribution in [2.24, 2.45) is 0 Å². The van der Waals surface area contributed by atoms with Crippen molar-refractivity contribution >= 4 is 11.8 Å². The van der Waals surface area contributed by atoms with Crippen LogP contribution in [0.4, 0.5) is 10.6 Å². The van der Waals surface area contributed by atoms with Crippen LogP contribution in [0.25, 0.3) is 0 Å². The van der Waals surface area contributed by atoms with Crippen LogP contribution in [0.1, 0.15) is 17.0 Å². The first-order valence-corrected chi connectivity index (χ1v) is 7.49. The first kappa shape index (κ1) is 17.0. The van der Waals surface area contributed by atoms with E-state index in [1.165, 1.54) is 0 Å². The quantitative estimate of drug-likeness (QED) is 0.876. The molecule has 8 heteroatoms. The van der Waals surface area contributed by atoms with Crippen LogP contribution in [-0.4, -0.2) is 58.5 Å². The summed E-state index contributed by atoms with van der Waals surface area (Å²) in [5.41, 5.74) is 1.73. The van der Waals surface area contributed by atoms with Gasteiger partial charge in [-0.15, -0.1) is 0 Å². The second kappa shape index (κ2) is 7.28. The van der Waals surface area contributed by atoms with Gasteiger partial charge in [-0.2, -0.15) is 5.10 Å². The topological polar surface area (TPSA) is 79.4 Å². The van der Waals surface area contributed by atoms with Gasteiger partial charge in [0.05, 0.1) is 18.8 Å². The zero-order valence-electron chi connectivity index (χ0n) is 14.3. The highest BCUT2D eigenvalue weighted by Gasteiger charge is 2.16. The van der Waals surface area contributed by atoms with E-state index in [0.717, 1.165) is 30.1 Å². The number of nitrogens with one attached hydrogen (secondary N) is 1.